The highest BCUT2D eigenvalue weighted by atomic mass is 16.5. The molecule has 0 radical (unpaired) electrons. The first-order valence-electron chi connectivity index (χ1n) is 9.46. The van der Waals surface area contributed by atoms with E-state index in [0.29, 0.717) is 30.9 Å². The molecule has 2 unspecified atom stereocenters. The number of carboxylic acid groups (broad SMARTS) is 1. The number of methoxy groups -OCH3 is 2. The molecule has 2 atom stereocenters. The smallest absolute Gasteiger partial charge is 0.305 e. The fraction of sp³-hybridized carbons (Fsp3) is 0.524. The topological polar surface area (TPSA) is 76.1 Å². The van der Waals surface area contributed by atoms with Crippen molar-refractivity contribution >= 4 is 11.9 Å². The van der Waals surface area contributed by atoms with Crippen LogP contribution >= 0.6 is 0 Å². The Balaban J connectivity index is 1.89. The van der Waals surface area contributed by atoms with Gasteiger partial charge in [0.15, 0.2) is 11.5 Å². The van der Waals surface area contributed by atoms with E-state index in [1.54, 1.807) is 19.1 Å². The van der Waals surface area contributed by atoms with Gasteiger partial charge in [-0.2, -0.15) is 0 Å². The molecule has 1 amide bonds. The average molecular weight is 373 g/mol. The van der Waals surface area contributed by atoms with E-state index in [4.69, 9.17) is 9.47 Å². The fourth-order valence-electron chi connectivity index (χ4n) is 4.11. The van der Waals surface area contributed by atoms with Crippen LogP contribution in [0.25, 0.3) is 0 Å². The van der Waals surface area contributed by atoms with Crippen LogP contribution in [-0.4, -0.2) is 42.6 Å². The number of nitrogens with zero attached hydrogens (tertiary/aromatic N) is 1. The second-order valence-corrected chi connectivity index (χ2v) is 7.18. The maximum atomic E-state index is 13.0. The molecule has 1 N–H and O–H groups in total. The second kappa shape index (κ2) is 8.46. The van der Waals surface area contributed by atoms with Crippen LogP contribution < -0.4 is 9.47 Å². The molecule has 0 bridgehead atoms. The largest absolute Gasteiger partial charge is 0.493 e. The van der Waals surface area contributed by atoms with Crippen molar-refractivity contribution in [2.75, 3.05) is 20.8 Å². The highest BCUT2D eigenvalue weighted by molar-refractivity contribution is 5.79. The Bertz CT molecular complexity index is 742. The number of rotatable bonds is 6. The normalized spacial score (nSPS) is 21.5. The van der Waals surface area contributed by atoms with Gasteiger partial charge in [-0.05, 0) is 54.9 Å². The standard InChI is InChI=1S/C21H27NO5/c1-26-18-11-15-8-9-22(20(23)10-14-6-4-3-5-7-14)17(13-21(24)25)16(15)12-19(18)27-2/h4,6,11-12,14,17H,3,5,7-10,13H2,1-2H3,(H,24,25). The summed E-state index contributed by atoms with van der Waals surface area (Å²) < 4.78 is 10.8. The van der Waals surface area contributed by atoms with E-state index in [2.05, 4.69) is 12.2 Å². The Morgan fingerprint density at radius 2 is 1.93 bits per heavy atom. The number of benzene rings is 1. The summed E-state index contributed by atoms with van der Waals surface area (Å²) in [4.78, 5) is 26.2. The van der Waals surface area contributed by atoms with Crippen LogP contribution in [0.1, 0.15) is 49.3 Å². The third-order valence-corrected chi connectivity index (χ3v) is 5.48. The van der Waals surface area contributed by atoms with Crippen molar-refractivity contribution in [1.29, 1.82) is 0 Å². The van der Waals surface area contributed by atoms with Gasteiger partial charge in [-0.25, -0.2) is 0 Å². The number of carboxylic acids is 1. The zero-order chi connectivity index (χ0) is 19.4. The van der Waals surface area contributed by atoms with Crippen molar-refractivity contribution in [1.82, 2.24) is 4.90 Å². The molecule has 146 valence electrons. The van der Waals surface area contributed by atoms with E-state index in [0.717, 1.165) is 30.4 Å². The van der Waals surface area contributed by atoms with Crippen molar-refractivity contribution in [3.8, 4) is 11.5 Å². The molecule has 3 rings (SSSR count). The van der Waals surface area contributed by atoms with E-state index in [-0.39, 0.29) is 18.2 Å². The lowest BCUT2D eigenvalue weighted by Crippen LogP contribution is -2.41. The molecular weight excluding hydrogens is 346 g/mol. The Morgan fingerprint density at radius 3 is 2.56 bits per heavy atom. The van der Waals surface area contributed by atoms with Gasteiger partial charge in [0.1, 0.15) is 0 Å². The Hall–Kier alpha value is -2.50. The van der Waals surface area contributed by atoms with Crippen molar-refractivity contribution in [2.24, 2.45) is 5.92 Å². The number of fused-ring (bicyclic) bond motifs is 1. The molecule has 0 spiro atoms. The minimum atomic E-state index is -0.919. The minimum Gasteiger partial charge on any atom is -0.493 e. The molecule has 6 heteroatoms. The third kappa shape index (κ3) is 4.26. The monoisotopic (exact) mass is 373 g/mol. The molecular formula is C21H27NO5. The predicted molar refractivity (Wildman–Crippen MR) is 101 cm³/mol. The number of ether oxygens (including phenoxy) is 2. The third-order valence-electron chi connectivity index (χ3n) is 5.48. The number of aliphatic carboxylic acids is 1. The molecule has 0 fully saturated rings. The van der Waals surface area contributed by atoms with Gasteiger partial charge in [-0.15, -0.1) is 0 Å². The lowest BCUT2D eigenvalue weighted by molar-refractivity contribution is -0.141. The Kier molecular flexibility index (Phi) is 6.04. The van der Waals surface area contributed by atoms with E-state index in [1.807, 2.05) is 12.1 Å². The van der Waals surface area contributed by atoms with E-state index >= 15 is 0 Å². The molecule has 1 aromatic carbocycles. The van der Waals surface area contributed by atoms with Crippen molar-refractivity contribution in [2.45, 2.75) is 44.6 Å². The molecule has 0 aromatic heterocycles. The molecule has 0 saturated heterocycles. The van der Waals surface area contributed by atoms with Gasteiger partial charge >= 0.3 is 5.97 Å². The van der Waals surface area contributed by atoms with Crippen LogP contribution in [0.5, 0.6) is 11.5 Å². The van der Waals surface area contributed by atoms with Gasteiger partial charge in [-0.3, -0.25) is 9.59 Å². The SMILES string of the molecule is COc1cc2c(cc1OC)C(CC(=O)O)N(C(=O)CC1C=CCCC1)CC2. The highest BCUT2D eigenvalue weighted by Gasteiger charge is 2.34. The van der Waals surface area contributed by atoms with Gasteiger partial charge < -0.3 is 19.5 Å². The van der Waals surface area contributed by atoms with Crippen molar-refractivity contribution in [3.05, 3.63) is 35.4 Å². The lowest BCUT2D eigenvalue weighted by atomic mass is 9.88. The van der Waals surface area contributed by atoms with Crippen molar-refractivity contribution in [3.63, 3.8) is 0 Å². The summed E-state index contributed by atoms with van der Waals surface area (Å²) >= 11 is 0. The molecule has 1 aliphatic carbocycles. The van der Waals surface area contributed by atoms with E-state index in [9.17, 15) is 14.7 Å². The molecule has 27 heavy (non-hydrogen) atoms. The molecule has 1 aliphatic heterocycles. The van der Waals surface area contributed by atoms with E-state index < -0.39 is 12.0 Å². The maximum Gasteiger partial charge on any atom is 0.305 e. The summed E-state index contributed by atoms with van der Waals surface area (Å²) in [6, 6.07) is 3.24. The summed E-state index contributed by atoms with van der Waals surface area (Å²) in [5.41, 5.74) is 1.86. The Morgan fingerprint density at radius 1 is 1.19 bits per heavy atom. The minimum absolute atomic E-state index is 0.0261. The number of carbonyl (C=O) groups is 2. The first kappa shape index (κ1) is 19.3. The summed E-state index contributed by atoms with van der Waals surface area (Å²) in [5.74, 6) is 0.536. The molecule has 6 nitrogen and oxygen atoms in total. The van der Waals surface area contributed by atoms with Crippen LogP contribution in [0.2, 0.25) is 0 Å². The predicted octanol–water partition coefficient (Wildman–Crippen LogP) is 3.35. The first-order valence-corrected chi connectivity index (χ1v) is 9.46. The van der Waals surface area contributed by atoms with Gasteiger partial charge in [0.2, 0.25) is 5.91 Å². The number of amides is 1. The van der Waals surface area contributed by atoms with Crippen LogP contribution in [0, 0.1) is 5.92 Å². The summed E-state index contributed by atoms with van der Waals surface area (Å²) in [7, 11) is 3.13. The second-order valence-electron chi connectivity index (χ2n) is 7.18. The zero-order valence-corrected chi connectivity index (χ0v) is 15.9. The number of allylic oxidation sites excluding steroid dienone is 2. The van der Waals surface area contributed by atoms with E-state index in [1.165, 1.54) is 0 Å². The Labute approximate surface area is 159 Å². The van der Waals surface area contributed by atoms with Crippen LogP contribution in [0.15, 0.2) is 24.3 Å². The molecule has 2 aliphatic rings. The quantitative estimate of drug-likeness (QED) is 0.774. The number of carbonyl (C=O) groups excluding carboxylic acids is 1. The zero-order valence-electron chi connectivity index (χ0n) is 15.9. The summed E-state index contributed by atoms with van der Waals surface area (Å²) in [6.07, 6.45) is 8.46. The van der Waals surface area contributed by atoms with Gasteiger partial charge in [0.05, 0.1) is 26.7 Å². The van der Waals surface area contributed by atoms with Crippen LogP contribution in [0.4, 0.5) is 0 Å². The first-order chi connectivity index (χ1) is 13.0. The van der Waals surface area contributed by atoms with Crippen LogP contribution in [0.3, 0.4) is 0 Å². The van der Waals surface area contributed by atoms with Crippen molar-refractivity contribution < 1.29 is 24.2 Å². The van der Waals surface area contributed by atoms with Crippen LogP contribution in [-0.2, 0) is 16.0 Å². The maximum absolute atomic E-state index is 13.0. The molecule has 1 aromatic rings. The van der Waals surface area contributed by atoms with Gasteiger partial charge in [-0.1, -0.05) is 12.2 Å². The molecule has 1 heterocycles. The summed E-state index contributed by atoms with van der Waals surface area (Å²) in [5, 5.41) is 9.43. The fourth-order valence-corrected chi connectivity index (χ4v) is 4.11. The lowest BCUT2D eigenvalue weighted by Gasteiger charge is -2.38. The summed E-state index contributed by atoms with van der Waals surface area (Å²) in [6.45, 7) is 0.524. The number of hydrogen-bond acceptors (Lipinski definition) is 4. The number of hydrogen-bond donors (Lipinski definition) is 1. The highest BCUT2D eigenvalue weighted by Crippen LogP contribution is 2.40. The van der Waals surface area contributed by atoms with Gasteiger partial charge in [0, 0.05) is 13.0 Å². The van der Waals surface area contributed by atoms with Gasteiger partial charge in [0.25, 0.3) is 0 Å². The average Bonchev–Trinajstić information content (AvgIpc) is 2.67. The molecule has 0 saturated carbocycles.